The van der Waals surface area contributed by atoms with E-state index in [2.05, 4.69) is 14.6 Å². The van der Waals surface area contributed by atoms with Crippen LogP contribution in [0.4, 0.5) is 4.79 Å². The normalized spacial score (nSPS) is 18.1. The van der Waals surface area contributed by atoms with Crippen molar-refractivity contribution >= 4 is 18.0 Å². The van der Waals surface area contributed by atoms with Crippen LogP contribution in [0.2, 0.25) is 0 Å². The van der Waals surface area contributed by atoms with Gasteiger partial charge in [-0.2, -0.15) is 0 Å². The number of nitrogens with zero attached hydrogens (tertiary/aromatic N) is 3. The van der Waals surface area contributed by atoms with Crippen molar-refractivity contribution in [1.29, 1.82) is 0 Å². The number of ether oxygens (including phenoxy) is 1. The number of piperidine rings is 1. The third-order valence-electron chi connectivity index (χ3n) is 3.84. The number of imidazole rings is 1. The summed E-state index contributed by atoms with van der Waals surface area (Å²) in [6, 6.07) is 0.162. The zero-order valence-electron chi connectivity index (χ0n) is 15.6. The van der Waals surface area contributed by atoms with E-state index < -0.39 is 5.60 Å². The van der Waals surface area contributed by atoms with Crippen LogP contribution in [-0.2, 0) is 11.3 Å². The first kappa shape index (κ1) is 20.1. The maximum absolute atomic E-state index is 11.8. The van der Waals surface area contributed by atoms with Crippen molar-refractivity contribution in [3.05, 3.63) is 12.5 Å². The highest BCUT2D eigenvalue weighted by atomic mass is 32.2. The molecule has 142 valence electrons. The Balaban J connectivity index is 1.72. The molecule has 2 N–H and O–H groups in total. The molecule has 25 heavy (non-hydrogen) atoms. The lowest BCUT2D eigenvalue weighted by atomic mass is 10.1. The fourth-order valence-electron chi connectivity index (χ4n) is 2.60. The third kappa shape index (κ3) is 7.25. The van der Waals surface area contributed by atoms with E-state index in [0.717, 1.165) is 37.5 Å². The molecule has 1 atom stereocenters. The van der Waals surface area contributed by atoms with Crippen LogP contribution in [0.3, 0.4) is 0 Å². The molecule has 1 aromatic rings. The van der Waals surface area contributed by atoms with E-state index in [4.69, 9.17) is 9.84 Å². The second kappa shape index (κ2) is 8.91. The Kier molecular flexibility index (Phi) is 7.15. The van der Waals surface area contributed by atoms with Gasteiger partial charge >= 0.3 is 6.09 Å². The van der Waals surface area contributed by atoms with Gasteiger partial charge in [0, 0.05) is 38.5 Å². The summed E-state index contributed by atoms with van der Waals surface area (Å²) < 4.78 is 9.59. The smallest absolute Gasteiger partial charge is 0.407 e. The van der Waals surface area contributed by atoms with Gasteiger partial charge in [0.1, 0.15) is 10.6 Å². The third-order valence-corrected chi connectivity index (χ3v) is 4.86. The van der Waals surface area contributed by atoms with E-state index in [9.17, 15) is 4.79 Å². The monoisotopic (exact) mass is 370 g/mol. The summed E-state index contributed by atoms with van der Waals surface area (Å²) >= 11 is 1.65. The lowest BCUT2D eigenvalue weighted by molar-refractivity contribution is 0.0490. The van der Waals surface area contributed by atoms with Gasteiger partial charge in [-0.3, -0.25) is 0 Å². The summed E-state index contributed by atoms with van der Waals surface area (Å²) in [6.45, 7) is 10.3. The highest BCUT2D eigenvalue weighted by molar-refractivity contribution is 7.97. The van der Waals surface area contributed by atoms with E-state index in [1.54, 1.807) is 11.9 Å². The molecule has 1 aliphatic rings. The van der Waals surface area contributed by atoms with Gasteiger partial charge < -0.3 is 19.7 Å². The first-order valence-corrected chi connectivity index (χ1v) is 9.57. The zero-order chi connectivity index (χ0) is 18.4. The maximum atomic E-state index is 11.8. The number of aromatic nitrogens is 2. The SMILES string of the molecule is CC(CO)Cn1cnc(SN2CCC(NC(=O)OC(C)(C)C)CC2)c1. The predicted molar refractivity (Wildman–Crippen MR) is 98.3 cm³/mol. The second-order valence-electron chi connectivity index (χ2n) is 7.64. The van der Waals surface area contributed by atoms with Gasteiger partial charge in [0.2, 0.25) is 0 Å². The van der Waals surface area contributed by atoms with Crippen LogP contribution >= 0.6 is 11.9 Å². The quantitative estimate of drug-likeness (QED) is 0.749. The molecule has 1 unspecified atom stereocenters. The molecular formula is C17H30N4O3S. The number of carbonyl (C=O) groups excluding carboxylic acids is 1. The molecule has 0 aliphatic carbocycles. The van der Waals surface area contributed by atoms with Gasteiger partial charge in [-0.25, -0.2) is 14.1 Å². The number of nitrogens with one attached hydrogen (secondary N) is 1. The van der Waals surface area contributed by atoms with E-state index in [1.165, 1.54) is 0 Å². The van der Waals surface area contributed by atoms with Gasteiger partial charge in [0.15, 0.2) is 0 Å². The van der Waals surface area contributed by atoms with Gasteiger partial charge in [-0.05, 0) is 51.5 Å². The Bertz CT molecular complexity index is 550. The predicted octanol–water partition coefficient (Wildman–Crippen LogP) is 2.51. The highest BCUT2D eigenvalue weighted by Gasteiger charge is 2.24. The van der Waals surface area contributed by atoms with E-state index in [-0.39, 0.29) is 24.7 Å². The molecule has 1 aliphatic heterocycles. The lowest BCUT2D eigenvalue weighted by Gasteiger charge is -2.31. The molecule has 1 amide bonds. The summed E-state index contributed by atoms with van der Waals surface area (Å²) in [5.41, 5.74) is -0.465. The van der Waals surface area contributed by atoms with Crippen molar-refractivity contribution in [3.8, 4) is 0 Å². The number of rotatable bonds is 6. The number of amides is 1. The minimum absolute atomic E-state index is 0.162. The summed E-state index contributed by atoms with van der Waals surface area (Å²) in [7, 11) is 0. The van der Waals surface area contributed by atoms with Crippen molar-refractivity contribution in [2.45, 2.75) is 63.8 Å². The second-order valence-corrected chi connectivity index (χ2v) is 8.75. The Morgan fingerprint density at radius 3 is 2.76 bits per heavy atom. The van der Waals surface area contributed by atoms with Crippen LogP contribution in [0.1, 0.15) is 40.5 Å². The fraction of sp³-hybridized carbons (Fsp3) is 0.765. The minimum atomic E-state index is -0.465. The molecule has 0 radical (unpaired) electrons. The molecular weight excluding hydrogens is 340 g/mol. The number of hydrogen-bond acceptors (Lipinski definition) is 6. The lowest BCUT2D eigenvalue weighted by Crippen LogP contribution is -2.44. The molecule has 0 spiro atoms. The van der Waals surface area contributed by atoms with Crippen molar-refractivity contribution < 1.29 is 14.6 Å². The van der Waals surface area contributed by atoms with Crippen LogP contribution in [0.15, 0.2) is 17.6 Å². The van der Waals surface area contributed by atoms with Gasteiger partial charge in [-0.1, -0.05) is 6.92 Å². The van der Waals surface area contributed by atoms with Crippen molar-refractivity contribution in [3.63, 3.8) is 0 Å². The zero-order valence-corrected chi connectivity index (χ0v) is 16.4. The van der Waals surface area contributed by atoms with E-state index in [0.29, 0.717) is 0 Å². The van der Waals surface area contributed by atoms with E-state index in [1.807, 2.05) is 44.8 Å². The van der Waals surface area contributed by atoms with E-state index >= 15 is 0 Å². The Labute approximate surface area is 154 Å². The van der Waals surface area contributed by atoms with Crippen LogP contribution < -0.4 is 5.32 Å². The molecule has 2 heterocycles. The molecule has 1 saturated heterocycles. The molecule has 8 heteroatoms. The molecule has 0 bridgehead atoms. The number of alkyl carbamates (subject to hydrolysis) is 1. The Hall–Kier alpha value is -1.25. The fourth-order valence-corrected chi connectivity index (χ4v) is 3.54. The van der Waals surface area contributed by atoms with Crippen molar-refractivity contribution in [2.75, 3.05) is 19.7 Å². The molecule has 1 aromatic heterocycles. The van der Waals surface area contributed by atoms with Crippen LogP contribution in [0, 0.1) is 5.92 Å². The highest BCUT2D eigenvalue weighted by Crippen LogP contribution is 2.25. The average Bonchev–Trinajstić information content (AvgIpc) is 2.94. The number of hydrogen-bond donors (Lipinski definition) is 2. The molecule has 0 saturated carbocycles. The van der Waals surface area contributed by atoms with Crippen molar-refractivity contribution in [1.82, 2.24) is 19.2 Å². The van der Waals surface area contributed by atoms with Gasteiger partial charge in [0.05, 0.1) is 6.33 Å². The van der Waals surface area contributed by atoms with Crippen LogP contribution in [0.25, 0.3) is 0 Å². The van der Waals surface area contributed by atoms with Gasteiger partial charge in [-0.15, -0.1) is 0 Å². The topological polar surface area (TPSA) is 79.6 Å². The summed E-state index contributed by atoms with van der Waals surface area (Å²) in [6.07, 6.45) is 5.28. The molecule has 2 rings (SSSR count). The number of carbonyl (C=O) groups is 1. The molecule has 1 fully saturated rings. The van der Waals surface area contributed by atoms with Gasteiger partial charge in [0.25, 0.3) is 0 Å². The molecule has 0 aromatic carbocycles. The average molecular weight is 371 g/mol. The van der Waals surface area contributed by atoms with Crippen LogP contribution in [0.5, 0.6) is 0 Å². The van der Waals surface area contributed by atoms with Crippen LogP contribution in [-0.4, -0.2) is 56.4 Å². The Morgan fingerprint density at radius 2 is 2.16 bits per heavy atom. The first-order chi connectivity index (χ1) is 11.7. The minimum Gasteiger partial charge on any atom is -0.444 e. The largest absolute Gasteiger partial charge is 0.444 e. The van der Waals surface area contributed by atoms with Crippen molar-refractivity contribution in [2.24, 2.45) is 5.92 Å². The maximum Gasteiger partial charge on any atom is 0.407 e. The summed E-state index contributed by atoms with van der Waals surface area (Å²) in [5.74, 6) is 0.224. The number of aliphatic hydroxyl groups is 1. The standard InChI is InChI=1S/C17H30N4O3S/c1-13(11-22)9-20-10-15(18-12-20)25-21-7-5-14(6-8-21)19-16(23)24-17(2,3)4/h10,12-14,22H,5-9,11H2,1-4H3,(H,19,23). The summed E-state index contributed by atoms with van der Waals surface area (Å²) in [5, 5.41) is 13.0. The summed E-state index contributed by atoms with van der Waals surface area (Å²) in [4.78, 5) is 16.3. The Morgan fingerprint density at radius 1 is 1.48 bits per heavy atom. The number of aliphatic hydroxyl groups excluding tert-OH is 1. The molecule has 7 nitrogen and oxygen atoms in total. The first-order valence-electron chi connectivity index (χ1n) is 8.80.